The van der Waals surface area contributed by atoms with E-state index >= 15 is 0 Å². The monoisotopic (exact) mass is 246 g/mol. The van der Waals surface area contributed by atoms with Gasteiger partial charge in [-0.15, -0.1) is 0 Å². The number of carbonyl (C=O) groups is 1. The zero-order chi connectivity index (χ0) is 12.7. The van der Waals surface area contributed by atoms with E-state index in [-0.39, 0.29) is 11.1 Å². The maximum atomic E-state index is 11.0. The largest absolute Gasteiger partial charge is 0.507 e. The lowest BCUT2D eigenvalue weighted by atomic mass is 10.0. The molecule has 88 valence electrons. The molecule has 0 bridgehead atoms. The van der Waals surface area contributed by atoms with E-state index in [9.17, 15) is 18.3 Å². The van der Waals surface area contributed by atoms with Crippen LogP contribution in [0.1, 0.15) is 21.5 Å². The van der Waals surface area contributed by atoms with E-state index in [4.69, 9.17) is 9.66 Å². The average Bonchev–Trinajstić information content (AvgIpc) is 2.11. The number of hydrogen-bond acceptors (Lipinski definition) is 4. The SMILES string of the molecule is Cc1c(S(=O)(=O)O)cc(C(=O)O)c(O)c1C. The van der Waals surface area contributed by atoms with Crippen molar-refractivity contribution in [1.82, 2.24) is 0 Å². The van der Waals surface area contributed by atoms with Crippen molar-refractivity contribution in [2.45, 2.75) is 18.7 Å². The third kappa shape index (κ3) is 2.00. The summed E-state index contributed by atoms with van der Waals surface area (Å²) in [4.78, 5) is 10.2. The number of aromatic hydroxyl groups is 1. The van der Waals surface area contributed by atoms with Crippen LogP contribution in [-0.2, 0) is 10.1 Å². The summed E-state index contributed by atoms with van der Waals surface area (Å²) in [5, 5.41) is 18.2. The molecule has 0 aromatic heterocycles. The molecule has 0 unspecified atom stereocenters. The zero-order valence-electron chi connectivity index (χ0n) is 8.55. The van der Waals surface area contributed by atoms with E-state index in [0.29, 0.717) is 0 Å². The van der Waals surface area contributed by atoms with Crippen LogP contribution in [-0.4, -0.2) is 29.2 Å². The van der Waals surface area contributed by atoms with Gasteiger partial charge in [0.2, 0.25) is 0 Å². The molecule has 1 aromatic rings. The second-order valence-electron chi connectivity index (χ2n) is 3.30. The van der Waals surface area contributed by atoms with Crippen LogP contribution in [0.4, 0.5) is 0 Å². The second-order valence-corrected chi connectivity index (χ2v) is 4.69. The first-order valence-corrected chi connectivity index (χ1v) is 5.64. The summed E-state index contributed by atoms with van der Waals surface area (Å²) in [6, 6.07) is 0.731. The molecule has 1 rings (SSSR count). The molecule has 16 heavy (non-hydrogen) atoms. The molecule has 0 aliphatic carbocycles. The molecule has 0 aliphatic rings. The first-order valence-electron chi connectivity index (χ1n) is 4.20. The van der Waals surface area contributed by atoms with Crippen molar-refractivity contribution in [3.8, 4) is 5.75 Å². The minimum atomic E-state index is -4.50. The van der Waals surface area contributed by atoms with Crippen LogP contribution in [0.5, 0.6) is 5.75 Å². The molecule has 7 heteroatoms. The lowest BCUT2D eigenvalue weighted by Crippen LogP contribution is -2.07. The number of rotatable bonds is 2. The van der Waals surface area contributed by atoms with Crippen molar-refractivity contribution in [1.29, 1.82) is 0 Å². The summed E-state index contributed by atoms with van der Waals surface area (Å²) in [6.45, 7) is 2.73. The Labute approximate surface area is 91.9 Å². The molecule has 0 amide bonds. The molecular weight excluding hydrogens is 236 g/mol. The van der Waals surface area contributed by atoms with Crippen LogP contribution in [0.15, 0.2) is 11.0 Å². The van der Waals surface area contributed by atoms with E-state index in [0.717, 1.165) is 6.07 Å². The van der Waals surface area contributed by atoms with Gasteiger partial charge in [-0.3, -0.25) is 4.55 Å². The minimum Gasteiger partial charge on any atom is -0.507 e. The van der Waals surface area contributed by atoms with Gasteiger partial charge < -0.3 is 10.2 Å². The normalized spacial score (nSPS) is 11.4. The third-order valence-electron chi connectivity index (χ3n) is 2.33. The molecule has 6 nitrogen and oxygen atoms in total. The summed E-state index contributed by atoms with van der Waals surface area (Å²) in [5.41, 5.74) is -0.340. The standard InChI is InChI=1S/C9H10O6S/c1-4-5(2)8(10)6(9(11)12)3-7(4)16(13,14)15/h3,10H,1-2H3,(H,11,12)(H,13,14,15). The summed E-state index contributed by atoms with van der Waals surface area (Å²) in [5.74, 6) is -1.97. The highest BCUT2D eigenvalue weighted by molar-refractivity contribution is 7.85. The molecule has 0 radical (unpaired) electrons. The number of hydrogen-bond donors (Lipinski definition) is 3. The van der Waals surface area contributed by atoms with Gasteiger partial charge in [0.25, 0.3) is 10.1 Å². The highest BCUT2D eigenvalue weighted by Crippen LogP contribution is 2.30. The lowest BCUT2D eigenvalue weighted by Gasteiger charge is -2.10. The lowest BCUT2D eigenvalue weighted by molar-refractivity contribution is 0.0693. The molecule has 0 saturated heterocycles. The van der Waals surface area contributed by atoms with Gasteiger partial charge in [0.1, 0.15) is 11.3 Å². The molecular formula is C9H10O6S. The Kier molecular flexibility index (Phi) is 2.93. The van der Waals surface area contributed by atoms with Crippen LogP contribution in [0.25, 0.3) is 0 Å². The molecule has 0 spiro atoms. The Hall–Kier alpha value is -1.60. The predicted octanol–water partition coefficient (Wildman–Crippen LogP) is 0.954. The van der Waals surface area contributed by atoms with Crippen LogP contribution in [0.3, 0.4) is 0 Å². The Morgan fingerprint density at radius 1 is 1.25 bits per heavy atom. The van der Waals surface area contributed by atoms with Gasteiger partial charge in [-0.2, -0.15) is 8.42 Å². The highest BCUT2D eigenvalue weighted by atomic mass is 32.2. The fourth-order valence-electron chi connectivity index (χ4n) is 1.30. The van der Waals surface area contributed by atoms with Crippen molar-refractivity contribution in [3.63, 3.8) is 0 Å². The second kappa shape index (κ2) is 3.76. The average molecular weight is 246 g/mol. The third-order valence-corrected chi connectivity index (χ3v) is 3.31. The quantitative estimate of drug-likeness (QED) is 0.670. The number of carboxylic acids is 1. The smallest absolute Gasteiger partial charge is 0.339 e. The number of carboxylic acid groups (broad SMARTS) is 1. The fraction of sp³-hybridized carbons (Fsp3) is 0.222. The molecule has 3 N–H and O–H groups in total. The Balaban J connectivity index is 3.74. The van der Waals surface area contributed by atoms with Gasteiger partial charge >= 0.3 is 5.97 Å². The molecule has 0 heterocycles. The van der Waals surface area contributed by atoms with Gasteiger partial charge in [0.05, 0.1) is 4.90 Å². The van der Waals surface area contributed by atoms with Crippen LogP contribution < -0.4 is 0 Å². The zero-order valence-corrected chi connectivity index (χ0v) is 9.37. The maximum Gasteiger partial charge on any atom is 0.339 e. The van der Waals surface area contributed by atoms with E-state index in [1.54, 1.807) is 0 Å². The summed E-state index contributed by atoms with van der Waals surface area (Å²) in [7, 11) is -4.50. The van der Waals surface area contributed by atoms with Gasteiger partial charge in [-0.1, -0.05) is 0 Å². The van der Waals surface area contributed by atoms with Crippen LogP contribution >= 0.6 is 0 Å². The van der Waals surface area contributed by atoms with Crippen molar-refractivity contribution < 1.29 is 28.0 Å². The molecule has 0 fully saturated rings. The van der Waals surface area contributed by atoms with E-state index in [1.807, 2.05) is 0 Å². The van der Waals surface area contributed by atoms with Gasteiger partial charge in [0.15, 0.2) is 0 Å². The Bertz CT molecular complexity index is 558. The van der Waals surface area contributed by atoms with Crippen molar-refractivity contribution in [3.05, 3.63) is 22.8 Å². The summed E-state index contributed by atoms with van der Waals surface area (Å²) < 4.78 is 30.8. The first-order chi connectivity index (χ1) is 7.16. The predicted molar refractivity (Wildman–Crippen MR) is 54.4 cm³/mol. The van der Waals surface area contributed by atoms with E-state index in [2.05, 4.69) is 0 Å². The van der Waals surface area contributed by atoms with E-state index in [1.165, 1.54) is 13.8 Å². The highest BCUT2D eigenvalue weighted by Gasteiger charge is 2.22. The molecule has 0 atom stereocenters. The molecule has 0 aliphatic heterocycles. The Morgan fingerprint density at radius 3 is 2.12 bits per heavy atom. The molecule has 0 saturated carbocycles. The van der Waals surface area contributed by atoms with Crippen molar-refractivity contribution >= 4 is 16.1 Å². The van der Waals surface area contributed by atoms with Gasteiger partial charge in [-0.25, -0.2) is 4.79 Å². The summed E-state index contributed by atoms with van der Waals surface area (Å²) in [6.07, 6.45) is 0. The van der Waals surface area contributed by atoms with Crippen LogP contribution in [0.2, 0.25) is 0 Å². The van der Waals surface area contributed by atoms with Crippen molar-refractivity contribution in [2.24, 2.45) is 0 Å². The maximum absolute atomic E-state index is 11.0. The Morgan fingerprint density at radius 2 is 1.75 bits per heavy atom. The fourth-order valence-corrected chi connectivity index (χ4v) is 2.11. The van der Waals surface area contributed by atoms with Gasteiger partial charge in [0, 0.05) is 0 Å². The minimum absolute atomic E-state index is 0.104. The molecule has 1 aromatic carbocycles. The van der Waals surface area contributed by atoms with E-state index < -0.39 is 32.3 Å². The van der Waals surface area contributed by atoms with Crippen LogP contribution in [0, 0.1) is 13.8 Å². The number of aromatic carboxylic acids is 1. The topological polar surface area (TPSA) is 112 Å². The first kappa shape index (κ1) is 12.5. The van der Waals surface area contributed by atoms with Crippen molar-refractivity contribution in [2.75, 3.05) is 0 Å². The number of benzene rings is 1. The number of phenols is 1. The summed E-state index contributed by atoms with van der Waals surface area (Å²) >= 11 is 0. The van der Waals surface area contributed by atoms with Gasteiger partial charge in [-0.05, 0) is 31.0 Å².